The molecule has 0 aromatic heterocycles. The Balaban J connectivity index is 2.63. The first-order valence-corrected chi connectivity index (χ1v) is 6.83. The van der Waals surface area contributed by atoms with Crippen LogP contribution in [0.4, 0.5) is 4.79 Å². The van der Waals surface area contributed by atoms with Gasteiger partial charge in [-0.15, -0.1) is 0 Å². The van der Waals surface area contributed by atoms with Crippen LogP contribution in [0, 0.1) is 0 Å². The van der Waals surface area contributed by atoms with Crippen LogP contribution in [0.5, 0.6) is 5.75 Å². The smallest absolute Gasteiger partial charge is 0.333 e. The highest BCUT2D eigenvalue weighted by molar-refractivity contribution is 6.22. The van der Waals surface area contributed by atoms with Crippen molar-refractivity contribution in [2.45, 2.75) is 25.7 Å². The normalized spacial score (nSPS) is 22.9. The average Bonchev–Trinajstić information content (AvgIpc) is 2.48. The minimum atomic E-state index is -1.41. The van der Waals surface area contributed by atoms with Gasteiger partial charge in [0.25, 0.3) is 11.8 Å². The van der Waals surface area contributed by atoms with Gasteiger partial charge in [0.2, 0.25) is 0 Å². The standard InChI is InChI=1S/C15H18N2O4/c1-4-15(10-6-8-11(18)9-7-10)12(19)16(3)14(21)17(5-2)13(15)20/h6-9,18H,4-5H2,1-3H3. The Morgan fingerprint density at radius 2 is 1.62 bits per heavy atom. The van der Waals surface area contributed by atoms with Gasteiger partial charge in [0.05, 0.1) is 0 Å². The van der Waals surface area contributed by atoms with E-state index in [-0.39, 0.29) is 18.7 Å². The van der Waals surface area contributed by atoms with E-state index in [2.05, 4.69) is 0 Å². The first-order valence-electron chi connectivity index (χ1n) is 6.83. The summed E-state index contributed by atoms with van der Waals surface area (Å²) in [7, 11) is 1.38. The number of likely N-dealkylation sites (N-methyl/N-ethyl adjacent to an activating group) is 2. The Bertz CT molecular complexity index is 596. The number of imide groups is 2. The number of urea groups is 1. The van der Waals surface area contributed by atoms with Crippen LogP contribution in [0.3, 0.4) is 0 Å². The molecule has 6 heteroatoms. The third-order valence-electron chi connectivity index (χ3n) is 4.00. The number of aromatic hydroxyl groups is 1. The number of nitrogens with zero attached hydrogens (tertiary/aromatic N) is 2. The zero-order chi connectivity index (χ0) is 15.8. The molecule has 0 saturated carbocycles. The quantitative estimate of drug-likeness (QED) is 0.855. The van der Waals surface area contributed by atoms with E-state index in [0.29, 0.717) is 5.56 Å². The summed E-state index contributed by atoms with van der Waals surface area (Å²) < 4.78 is 0. The van der Waals surface area contributed by atoms with Gasteiger partial charge in [-0.3, -0.25) is 19.4 Å². The molecule has 6 nitrogen and oxygen atoms in total. The fourth-order valence-electron chi connectivity index (χ4n) is 2.74. The summed E-state index contributed by atoms with van der Waals surface area (Å²) in [4.78, 5) is 39.5. The van der Waals surface area contributed by atoms with Crippen LogP contribution in [-0.4, -0.2) is 46.3 Å². The number of carbonyl (C=O) groups excluding carboxylic acids is 3. The summed E-state index contributed by atoms with van der Waals surface area (Å²) >= 11 is 0. The van der Waals surface area contributed by atoms with Crippen molar-refractivity contribution < 1.29 is 19.5 Å². The van der Waals surface area contributed by atoms with Crippen molar-refractivity contribution in [1.29, 1.82) is 0 Å². The molecule has 0 bridgehead atoms. The van der Waals surface area contributed by atoms with E-state index in [1.54, 1.807) is 26.0 Å². The first-order chi connectivity index (χ1) is 9.90. The molecule has 4 amide bonds. The molecule has 21 heavy (non-hydrogen) atoms. The third kappa shape index (κ3) is 1.98. The summed E-state index contributed by atoms with van der Waals surface area (Å²) in [5, 5.41) is 9.39. The lowest BCUT2D eigenvalue weighted by molar-refractivity contribution is -0.151. The first kappa shape index (κ1) is 15.0. The van der Waals surface area contributed by atoms with E-state index in [1.165, 1.54) is 19.2 Å². The predicted octanol–water partition coefficient (Wildman–Crippen LogP) is 1.48. The molecule has 112 valence electrons. The second-order valence-electron chi connectivity index (χ2n) is 5.00. The third-order valence-corrected chi connectivity index (χ3v) is 4.00. The monoisotopic (exact) mass is 290 g/mol. The number of phenols is 1. The number of rotatable bonds is 3. The number of hydrogen-bond donors (Lipinski definition) is 1. The summed E-state index contributed by atoms with van der Waals surface area (Å²) in [5.74, 6) is -0.987. The van der Waals surface area contributed by atoms with E-state index in [0.717, 1.165) is 9.80 Å². The van der Waals surface area contributed by atoms with E-state index >= 15 is 0 Å². The summed E-state index contributed by atoms with van der Waals surface area (Å²) in [5.41, 5.74) is -0.928. The lowest BCUT2D eigenvalue weighted by Gasteiger charge is -2.42. The molecular weight excluding hydrogens is 272 g/mol. The van der Waals surface area contributed by atoms with Crippen LogP contribution in [-0.2, 0) is 15.0 Å². The number of carbonyl (C=O) groups is 3. The van der Waals surface area contributed by atoms with Crippen molar-refractivity contribution in [2.75, 3.05) is 13.6 Å². The van der Waals surface area contributed by atoms with E-state index < -0.39 is 23.3 Å². The molecule has 1 aromatic carbocycles. The second-order valence-corrected chi connectivity index (χ2v) is 5.00. The second kappa shape index (κ2) is 5.20. The van der Waals surface area contributed by atoms with Crippen molar-refractivity contribution in [3.63, 3.8) is 0 Å². The number of benzene rings is 1. The number of phenolic OH excluding ortho intramolecular Hbond substituents is 1. The van der Waals surface area contributed by atoms with E-state index in [1.807, 2.05) is 0 Å². The number of hydrogen-bond acceptors (Lipinski definition) is 4. The molecule has 1 atom stereocenters. The van der Waals surface area contributed by atoms with E-state index in [4.69, 9.17) is 0 Å². The molecule has 1 aromatic rings. The van der Waals surface area contributed by atoms with Gasteiger partial charge < -0.3 is 5.11 Å². The molecule has 2 rings (SSSR count). The van der Waals surface area contributed by atoms with Gasteiger partial charge in [0.1, 0.15) is 5.75 Å². The van der Waals surface area contributed by atoms with Crippen LogP contribution in [0.15, 0.2) is 24.3 Å². The van der Waals surface area contributed by atoms with Gasteiger partial charge in [-0.1, -0.05) is 19.1 Å². The fraction of sp³-hybridized carbons (Fsp3) is 0.400. The molecule has 1 fully saturated rings. The van der Waals surface area contributed by atoms with Gasteiger partial charge in [-0.05, 0) is 31.0 Å². The van der Waals surface area contributed by atoms with Gasteiger partial charge >= 0.3 is 6.03 Å². The maximum absolute atomic E-state index is 12.8. The molecular formula is C15H18N2O4. The van der Waals surface area contributed by atoms with Crippen LogP contribution in [0.1, 0.15) is 25.8 Å². The van der Waals surface area contributed by atoms with Crippen molar-refractivity contribution >= 4 is 17.8 Å². The maximum atomic E-state index is 12.8. The molecule has 0 aliphatic carbocycles. The molecule has 0 spiro atoms. The molecule has 1 saturated heterocycles. The Kier molecular flexibility index (Phi) is 3.72. The number of barbiturate groups is 1. The fourth-order valence-corrected chi connectivity index (χ4v) is 2.74. The topological polar surface area (TPSA) is 77.9 Å². The van der Waals surface area contributed by atoms with Crippen molar-refractivity contribution in [3.05, 3.63) is 29.8 Å². The summed E-state index contributed by atoms with van der Waals surface area (Å²) in [6.07, 6.45) is 0.240. The molecule has 1 aliphatic heterocycles. The molecule has 1 N–H and O–H groups in total. The van der Waals surface area contributed by atoms with E-state index in [9.17, 15) is 19.5 Å². The lowest BCUT2D eigenvalue weighted by Crippen LogP contribution is -2.65. The van der Waals surface area contributed by atoms with Crippen LogP contribution < -0.4 is 0 Å². The van der Waals surface area contributed by atoms with Crippen LogP contribution >= 0.6 is 0 Å². The summed E-state index contributed by atoms with van der Waals surface area (Å²) in [6.45, 7) is 3.63. The Morgan fingerprint density at radius 1 is 1.05 bits per heavy atom. The minimum Gasteiger partial charge on any atom is -0.508 e. The Hall–Kier alpha value is -2.37. The van der Waals surface area contributed by atoms with Crippen LogP contribution in [0.25, 0.3) is 0 Å². The van der Waals surface area contributed by atoms with Crippen molar-refractivity contribution in [3.8, 4) is 5.75 Å². The van der Waals surface area contributed by atoms with Crippen molar-refractivity contribution in [1.82, 2.24) is 9.80 Å². The van der Waals surface area contributed by atoms with Gasteiger partial charge in [0, 0.05) is 13.6 Å². The molecule has 1 aliphatic rings. The van der Waals surface area contributed by atoms with Crippen molar-refractivity contribution in [2.24, 2.45) is 0 Å². The molecule has 0 radical (unpaired) electrons. The lowest BCUT2D eigenvalue weighted by atomic mass is 9.74. The molecule has 1 unspecified atom stereocenters. The van der Waals surface area contributed by atoms with Crippen LogP contribution in [0.2, 0.25) is 0 Å². The minimum absolute atomic E-state index is 0.0532. The zero-order valence-electron chi connectivity index (χ0n) is 12.3. The Morgan fingerprint density at radius 3 is 2.10 bits per heavy atom. The molecule has 1 heterocycles. The highest BCUT2D eigenvalue weighted by atomic mass is 16.3. The zero-order valence-corrected chi connectivity index (χ0v) is 12.3. The average molecular weight is 290 g/mol. The van der Waals surface area contributed by atoms with Gasteiger partial charge in [-0.25, -0.2) is 4.79 Å². The number of amides is 4. The van der Waals surface area contributed by atoms with Gasteiger partial charge in [-0.2, -0.15) is 0 Å². The predicted molar refractivity (Wildman–Crippen MR) is 75.6 cm³/mol. The van der Waals surface area contributed by atoms with Gasteiger partial charge in [0.15, 0.2) is 5.41 Å². The Labute approximate surface area is 123 Å². The largest absolute Gasteiger partial charge is 0.508 e. The highest BCUT2D eigenvalue weighted by Crippen LogP contribution is 2.36. The maximum Gasteiger partial charge on any atom is 0.333 e. The SMILES string of the molecule is CCN1C(=O)N(C)C(=O)C(CC)(c2ccc(O)cc2)C1=O. The highest BCUT2D eigenvalue weighted by Gasteiger charge is 2.55. The summed E-state index contributed by atoms with van der Waals surface area (Å²) in [6, 6.07) is 5.36.